The Morgan fingerprint density at radius 3 is 2.59 bits per heavy atom. The average molecular weight is 259 g/mol. The Hall–Kier alpha value is -1.44. The van der Waals surface area contributed by atoms with E-state index in [1.54, 1.807) is 6.92 Å². The molecule has 94 valence electrons. The molecule has 0 aliphatic carbocycles. The molecular weight excluding hydrogens is 246 g/mol. The molecule has 0 fully saturated rings. The van der Waals surface area contributed by atoms with Crippen molar-refractivity contribution in [3.05, 3.63) is 29.3 Å². The molecule has 3 N–H and O–H groups in total. The van der Waals surface area contributed by atoms with E-state index in [-0.39, 0.29) is 23.6 Å². The molecule has 0 aliphatic rings. The van der Waals surface area contributed by atoms with Crippen LogP contribution in [-0.2, 0) is 10.0 Å². The van der Waals surface area contributed by atoms with Crippen LogP contribution in [0, 0.1) is 6.92 Å². The second kappa shape index (κ2) is 5.26. The predicted molar refractivity (Wildman–Crippen MR) is 60.4 cm³/mol. The first kappa shape index (κ1) is 13.6. The molecule has 0 unspecified atom stereocenters. The highest BCUT2D eigenvalue weighted by atomic mass is 32.2. The summed E-state index contributed by atoms with van der Waals surface area (Å²) in [7, 11) is -3.77. The van der Waals surface area contributed by atoms with Gasteiger partial charge < -0.3 is 10.2 Å². The van der Waals surface area contributed by atoms with Gasteiger partial charge in [0, 0.05) is 6.54 Å². The van der Waals surface area contributed by atoms with E-state index in [0.717, 1.165) is 6.07 Å². The number of aryl methyl sites for hydroxylation is 1. The fraction of sp³-hybridized carbons (Fsp3) is 0.300. The number of sulfonamides is 1. The van der Waals surface area contributed by atoms with Crippen LogP contribution < -0.4 is 4.72 Å². The zero-order valence-electron chi connectivity index (χ0n) is 9.17. The number of aliphatic hydroxyl groups is 1. The van der Waals surface area contributed by atoms with Gasteiger partial charge in [-0.05, 0) is 24.6 Å². The minimum atomic E-state index is -3.77. The quantitative estimate of drug-likeness (QED) is 0.688. The van der Waals surface area contributed by atoms with Crippen LogP contribution in [0.5, 0.6) is 0 Å². The smallest absolute Gasteiger partial charge is 0.335 e. The third-order valence-electron chi connectivity index (χ3n) is 2.15. The summed E-state index contributed by atoms with van der Waals surface area (Å²) in [5.41, 5.74) is 0.426. The molecular formula is C10H13NO5S. The lowest BCUT2D eigenvalue weighted by Crippen LogP contribution is -2.26. The highest BCUT2D eigenvalue weighted by Gasteiger charge is 2.16. The predicted octanol–water partition coefficient (Wildman–Crippen LogP) is -0.0362. The van der Waals surface area contributed by atoms with E-state index in [2.05, 4.69) is 4.72 Å². The minimum Gasteiger partial charge on any atom is -0.478 e. The maximum atomic E-state index is 11.7. The molecule has 6 nitrogen and oxygen atoms in total. The maximum absolute atomic E-state index is 11.7. The number of hydrogen-bond acceptors (Lipinski definition) is 4. The first-order valence-corrected chi connectivity index (χ1v) is 6.31. The molecule has 1 rings (SSSR count). The number of nitrogens with one attached hydrogen (secondary N) is 1. The van der Waals surface area contributed by atoms with E-state index < -0.39 is 16.0 Å². The van der Waals surface area contributed by atoms with Crippen LogP contribution in [0.3, 0.4) is 0 Å². The van der Waals surface area contributed by atoms with Gasteiger partial charge in [0.15, 0.2) is 0 Å². The molecule has 0 saturated carbocycles. The van der Waals surface area contributed by atoms with E-state index in [0.29, 0.717) is 5.56 Å². The summed E-state index contributed by atoms with van der Waals surface area (Å²) < 4.78 is 25.5. The number of aliphatic hydroxyl groups excluding tert-OH is 1. The van der Waals surface area contributed by atoms with Crippen molar-refractivity contribution in [3.8, 4) is 0 Å². The van der Waals surface area contributed by atoms with E-state index in [4.69, 9.17) is 10.2 Å². The molecule has 7 heteroatoms. The Kier molecular flexibility index (Phi) is 4.22. The average Bonchev–Trinajstić information content (AvgIpc) is 2.26. The van der Waals surface area contributed by atoms with Gasteiger partial charge in [-0.3, -0.25) is 0 Å². The van der Waals surface area contributed by atoms with Gasteiger partial charge in [-0.1, -0.05) is 6.07 Å². The molecule has 0 atom stereocenters. The third-order valence-corrected chi connectivity index (χ3v) is 3.61. The molecule has 1 aromatic rings. The third kappa shape index (κ3) is 3.26. The molecule has 0 spiro atoms. The van der Waals surface area contributed by atoms with Crippen molar-refractivity contribution in [1.82, 2.24) is 4.72 Å². The van der Waals surface area contributed by atoms with E-state index in [1.807, 2.05) is 0 Å². The van der Waals surface area contributed by atoms with E-state index >= 15 is 0 Å². The highest BCUT2D eigenvalue weighted by molar-refractivity contribution is 7.89. The monoisotopic (exact) mass is 259 g/mol. The van der Waals surface area contributed by atoms with Crippen molar-refractivity contribution in [2.75, 3.05) is 13.2 Å². The van der Waals surface area contributed by atoms with Gasteiger partial charge in [-0.15, -0.1) is 0 Å². The molecule has 0 amide bonds. The van der Waals surface area contributed by atoms with Crippen molar-refractivity contribution >= 4 is 16.0 Å². The van der Waals surface area contributed by atoms with Crippen LogP contribution in [0.15, 0.2) is 23.1 Å². The van der Waals surface area contributed by atoms with Crippen LogP contribution >= 0.6 is 0 Å². The number of carboxylic acids is 1. The summed E-state index contributed by atoms with van der Waals surface area (Å²) in [5.74, 6) is -1.18. The van der Waals surface area contributed by atoms with Crippen LogP contribution in [0.4, 0.5) is 0 Å². The molecule has 0 aliphatic heterocycles. The second-order valence-electron chi connectivity index (χ2n) is 3.40. The van der Waals surface area contributed by atoms with E-state index in [1.165, 1.54) is 12.1 Å². The van der Waals surface area contributed by atoms with Crippen LogP contribution in [0.1, 0.15) is 15.9 Å². The summed E-state index contributed by atoms with van der Waals surface area (Å²) in [6, 6.07) is 3.84. The number of carboxylic acid groups (broad SMARTS) is 1. The number of hydrogen-bond donors (Lipinski definition) is 3. The molecule has 0 aromatic heterocycles. The summed E-state index contributed by atoms with van der Waals surface area (Å²) in [6.07, 6.45) is 0. The minimum absolute atomic E-state index is 0.0585. The Morgan fingerprint density at radius 2 is 2.06 bits per heavy atom. The maximum Gasteiger partial charge on any atom is 0.335 e. The van der Waals surface area contributed by atoms with Crippen molar-refractivity contribution in [3.63, 3.8) is 0 Å². The zero-order valence-corrected chi connectivity index (χ0v) is 9.99. The van der Waals surface area contributed by atoms with E-state index in [9.17, 15) is 13.2 Å². The van der Waals surface area contributed by atoms with Gasteiger partial charge >= 0.3 is 5.97 Å². The first-order valence-electron chi connectivity index (χ1n) is 4.83. The number of carbonyl (C=O) groups is 1. The summed E-state index contributed by atoms with van der Waals surface area (Å²) in [5, 5.41) is 17.4. The summed E-state index contributed by atoms with van der Waals surface area (Å²) >= 11 is 0. The Balaban J connectivity index is 3.16. The standard InChI is InChI=1S/C10H13NO5S/c1-7-2-3-8(6-9(7)10(13)14)17(15,16)11-4-5-12/h2-3,6,11-12H,4-5H2,1H3,(H,13,14). The van der Waals surface area contributed by atoms with Gasteiger partial charge in [0.1, 0.15) is 0 Å². The molecule has 0 bridgehead atoms. The highest BCUT2D eigenvalue weighted by Crippen LogP contribution is 2.15. The lowest BCUT2D eigenvalue weighted by molar-refractivity contribution is 0.0696. The van der Waals surface area contributed by atoms with Crippen LogP contribution in [0.25, 0.3) is 0 Å². The number of rotatable bonds is 5. The van der Waals surface area contributed by atoms with Crippen molar-refractivity contribution < 1.29 is 23.4 Å². The van der Waals surface area contributed by atoms with Crippen molar-refractivity contribution in [1.29, 1.82) is 0 Å². The second-order valence-corrected chi connectivity index (χ2v) is 5.17. The molecule has 0 saturated heterocycles. The molecule has 0 radical (unpaired) electrons. The van der Waals surface area contributed by atoms with Gasteiger partial charge in [0.05, 0.1) is 17.1 Å². The largest absolute Gasteiger partial charge is 0.478 e. The SMILES string of the molecule is Cc1ccc(S(=O)(=O)NCCO)cc1C(=O)O. The van der Waals surface area contributed by atoms with Crippen molar-refractivity contribution in [2.24, 2.45) is 0 Å². The van der Waals surface area contributed by atoms with Crippen LogP contribution in [-0.4, -0.2) is 37.8 Å². The molecule has 0 heterocycles. The topological polar surface area (TPSA) is 104 Å². The van der Waals surface area contributed by atoms with Gasteiger partial charge in [-0.25, -0.2) is 17.9 Å². The first-order chi connectivity index (χ1) is 7.88. The molecule has 1 aromatic carbocycles. The zero-order chi connectivity index (χ0) is 13.1. The van der Waals surface area contributed by atoms with Gasteiger partial charge in [0.25, 0.3) is 0 Å². The molecule has 17 heavy (non-hydrogen) atoms. The Morgan fingerprint density at radius 1 is 1.41 bits per heavy atom. The summed E-state index contributed by atoms with van der Waals surface area (Å²) in [4.78, 5) is 10.7. The normalized spacial score (nSPS) is 11.4. The number of aromatic carboxylic acids is 1. The van der Waals surface area contributed by atoms with Gasteiger partial charge in [0.2, 0.25) is 10.0 Å². The number of benzene rings is 1. The fourth-order valence-electron chi connectivity index (χ4n) is 1.26. The lowest BCUT2D eigenvalue weighted by atomic mass is 10.1. The Bertz CT molecular complexity index is 523. The summed E-state index contributed by atoms with van der Waals surface area (Å²) in [6.45, 7) is 1.15. The van der Waals surface area contributed by atoms with Gasteiger partial charge in [-0.2, -0.15) is 0 Å². The lowest BCUT2D eigenvalue weighted by Gasteiger charge is -2.07. The Labute approximate surface area is 99.0 Å². The van der Waals surface area contributed by atoms with Crippen LogP contribution in [0.2, 0.25) is 0 Å². The fourth-order valence-corrected chi connectivity index (χ4v) is 2.31. The van der Waals surface area contributed by atoms with Crippen molar-refractivity contribution in [2.45, 2.75) is 11.8 Å².